The van der Waals surface area contributed by atoms with Crippen molar-refractivity contribution >= 4 is 18.3 Å². The first kappa shape index (κ1) is 18.7. The Morgan fingerprint density at radius 3 is 2.33 bits per heavy atom. The molecule has 5 heteroatoms. The number of hydrogen-bond acceptors (Lipinski definition) is 3. The molecule has 0 saturated heterocycles. The first-order valence-electron chi connectivity index (χ1n) is 8.02. The van der Waals surface area contributed by atoms with Crippen molar-refractivity contribution in [3.8, 4) is 0 Å². The summed E-state index contributed by atoms with van der Waals surface area (Å²) in [5.74, 6) is 0.801. The largest absolute Gasteiger partial charge is 0.378 e. The molecule has 124 valence electrons. The van der Waals surface area contributed by atoms with Crippen LogP contribution >= 0.6 is 12.4 Å². The van der Waals surface area contributed by atoms with Gasteiger partial charge in [0, 0.05) is 24.5 Å². The molecule has 2 unspecified atom stereocenters. The van der Waals surface area contributed by atoms with E-state index in [1.807, 2.05) is 20.8 Å². The highest BCUT2D eigenvalue weighted by molar-refractivity contribution is 5.89. The average molecular weight is 319 g/mol. The molecular formula is C16H31ClN2O2. The Balaban J connectivity index is 0.00000220. The van der Waals surface area contributed by atoms with Crippen molar-refractivity contribution < 1.29 is 9.53 Å². The van der Waals surface area contributed by atoms with Crippen LogP contribution < -0.4 is 11.1 Å². The van der Waals surface area contributed by atoms with E-state index in [1.165, 1.54) is 12.8 Å². The molecule has 2 atom stereocenters. The van der Waals surface area contributed by atoms with Crippen molar-refractivity contribution in [2.75, 3.05) is 6.61 Å². The lowest BCUT2D eigenvalue weighted by Gasteiger charge is -2.57. The number of hydrogen-bond donors (Lipinski definition) is 2. The van der Waals surface area contributed by atoms with Crippen LogP contribution in [0.15, 0.2) is 0 Å². The summed E-state index contributed by atoms with van der Waals surface area (Å²) in [4.78, 5) is 12.6. The van der Waals surface area contributed by atoms with E-state index in [1.54, 1.807) is 0 Å². The zero-order valence-corrected chi connectivity index (χ0v) is 14.6. The van der Waals surface area contributed by atoms with Gasteiger partial charge in [0.15, 0.2) is 0 Å². The number of rotatable bonds is 4. The first-order chi connectivity index (χ1) is 9.31. The second kappa shape index (κ2) is 6.84. The molecule has 3 N–H and O–H groups in total. The minimum atomic E-state index is -0.782. The number of nitrogens with two attached hydrogens (primary N) is 1. The molecule has 2 aliphatic carbocycles. The van der Waals surface area contributed by atoms with Gasteiger partial charge in [-0.05, 0) is 38.5 Å². The quantitative estimate of drug-likeness (QED) is 0.837. The molecule has 0 spiro atoms. The predicted octanol–water partition coefficient (Wildman–Crippen LogP) is 2.64. The molecule has 0 bridgehead atoms. The molecule has 4 nitrogen and oxygen atoms in total. The highest BCUT2D eigenvalue weighted by Gasteiger charge is 2.63. The van der Waals surface area contributed by atoms with Crippen molar-refractivity contribution in [2.24, 2.45) is 17.1 Å². The molecule has 0 heterocycles. The van der Waals surface area contributed by atoms with Gasteiger partial charge >= 0.3 is 0 Å². The van der Waals surface area contributed by atoms with Crippen LogP contribution in [0.5, 0.6) is 0 Å². The van der Waals surface area contributed by atoms with E-state index in [0.29, 0.717) is 19.1 Å². The fourth-order valence-corrected chi connectivity index (χ4v) is 3.54. The van der Waals surface area contributed by atoms with Gasteiger partial charge in [0.05, 0.1) is 6.10 Å². The summed E-state index contributed by atoms with van der Waals surface area (Å²) in [6.07, 6.45) is 5.29. The van der Waals surface area contributed by atoms with Crippen molar-refractivity contribution in [1.29, 1.82) is 0 Å². The molecule has 0 radical (unpaired) electrons. The fourth-order valence-electron chi connectivity index (χ4n) is 3.54. The summed E-state index contributed by atoms with van der Waals surface area (Å²) in [5.41, 5.74) is 5.32. The zero-order valence-electron chi connectivity index (χ0n) is 13.8. The van der Waals surface area contributed by atoms with Gasteiger partial charge in [-0.2, -0.15) is 0 Å². The second-order valence-corrected chi connectivity index (χ2v) is 7.27. The number of carbonyl (C=O) groups is 1. The van der Waals surface area contributed by atoms with Gasteiger partial charge < -0.3 is 15.8 Å². The van der Waals surface area contributed by atoms with Crippen LogP contribution in [0, 0.1) is 11.3 Å². The van der Waals surface area contributed by atoms with Gasteiger partial charge in [0.2, 0.25) is 5.91 Å². The highest BCUT2D eigenvalue weighted by Crippen LogP contribution is 2.50. The lowest BCUT2D eigenvalue weighted by Crippen LogP contribution is -2.76. The van der Waals surface area contributed by atoms with Gasteiger partial charge in [-0.1, -0.05) is 20.8 Å². The molecule has 0 aromatic carbocycles. The minimum absolute atomic E-state index is 0. The number of ether oxygens (including phenoxy) is 1. The third-order valence-electron chi connectivity index (χ3n) is 5.59. The van der Waals surface area contributed by atoms with E-state index in [2.05, 4.69) is 12.2 Å². The zero-order chi connectivity index (χ0) is 15.0. The molecule has 0 aliphatic heterocycles. The Morgan fingerprint density at radius 1 is 1.29 bits per heavy atom. The Labute approximate surface area is 135 Å². The Bertz CT molecular complexity index is 367. The maximum atomic E-state index is 12.6. The van der Waals surface area contributed by atoms with Crippen LogP contribution in [0.4, 0.5) is 0 Å². The number of halogens is 1. The van der Waals surface area contributed by atoms with E-state index in [-0.39, 0.29) is 29.8 Å². The van der Waals surface area contributed by atoms with E-state index >= 15 is 0 Å². The van der Waals surface area contributed by atoms with Crippen molar-refractivity contribution in [3.05, 3.63) is 0 Å². The van der Waals surface area contributed by atoms with Gasteiger partial charge in [-0.25, -0.2) is 0 Å². The Hall–Kier alpha value is -0.320. The van der Waals surface area contributed by atoms with Crippen LogP contribution in [0.1, 0.15) is 59.8 Å². The molecular weight excluding hydrogens is 288 g/mol. The predicted molar refractivity (Wildman–Crippen MR) is 87.5 cm³/mol. The van der Waals surface area contributed by atoms with Crippen LogP contribution in [0.2, 0.25) is 0 Å². The summed E-state index contributed by atoms with van der Waals surface area (Å²) in [6.45, 7) is 9.02. The fraction of sp³-hybridized carbons (Fsp3) is 0.938. The molecule has 0 aromatic rings. The van der Waals surface area contributed by atoms with Gasteiger partial charge in [0.25, 0.3) is 0 Å². The summed E-state index contributed by atoms with van der Waals surface area (Å²) in [5, 5.41) is 3.18. The third-order valence-corrected chi connectivity index (χ3v) is 5.59. The van der Waals surface area contributed by atoms with Crippen molar-refractivity contribution in [1.82, 2.24) is 5.32 Å². The Kier molecular flexibility index (Phi) is 6.10. The van der Waals surface area contributed by atoms with Gasteiger partial charge in [0.1, 0.15) is 5.54 Å². The number of carbonyl (C=O) groups excluding carboxylic acids is 1. The monoisotopic (exact) mass is 318 g/mol. The smallest absolute Gasteiger partial charge is 0.241 e. The van der Waals surface area contributed by atoms with Gasteiger partial charge in [-0.3, -0.25) is 4.79 Å². The molecule has 21 heavy (non-hydrogen) atoms. The topological polar surface area (TPSA) is 64.3 Å². The van der Waals surface area contributed by atoms with E-state index < -0.39 is 5.54 Å². The van der Waals surface area contributed by atoms with Gasteiger partial charge in [-0.15, -0.1) is 12.4 Å². The van der Waals surface area contributed by atoms with Crippen LogP contribution in [0.3, 0.4) is 0 Å². The SMILES string of the molecule is CCOC1CC(N)(C(=O)NC2CCC(C)CC2)C1(C)C.Cl. The highest BCUT2D eigenvalue weighted by atomic mass is 35.5. The first-order valence-corrected chi connectivity index (χ1v) is 8.02. The van der Waals surface area contributed by atoms with Crippen molar-refractivity contribution in [2.45, 2.75) is 77.5 Å². The number of amides is 1. The van der Waals surface area contributed by atoms with Crippen molar-refractivity contribution in [3.63, 3.8) is 0 Å². The molecule has 2 aliphatic rings. The average Bonchev–Trinajstić information content (AvgIpc) is 2.40. The van der Waals surface area contributed by atoms with E-state index in [0.717, 1.165) is 18.8 Å². The third kappa shape index (κ3) is 3.38. The molecule has 2 saturated carbocycles. The summed E-state index contributed by atoms with van der Waals surface area (Å²) in [7, 11) is 0. The Morgan fingerprint density at radius 2 is 1.86 bits per heavy atom. The van der Waals surface area contributed by atoms with Crippen LogP contribution in [-0.2, 0) is 9.53 Å². The molecule has 1 amide bonds. The lowest BCUT2D eigenvalue weighted by atomic mass is 9.54. The number of nitrogens with one attached hydrogen (secondary N) is 1. The van der Waals surface area contributed by atoms with E-state index in [4.69, 9.17) is 10.5 Å². The van der Waals surface area contributed by atoms with Crippen LogP contribution in [0.25, 0.3) is 0 Å². The molecule has 0 aromatic heterocycles. The summed E-state index contributed by atoms with van der Waals surface area (Å²) < 4.78 is 5.68. The standard InChI is InChI=1S/C16H30N2O2.ClH/c1-5-20-13-10-16(17,15(13,3)4)14(19)18-12-8-6-11(2)7-9-12;/h11-13H,5-10,17H2,1-4H3,(H,18,19);1H. The van der Waals surface area contributed by atoms with E-state index in [9.17, 15) is 4.79 Å². The normalized spacial score (nSPS) is 38.0. The van der Waals surface area contributed by atoms with Crippen LogP contribution in [-0.4, -0.2) is 30.2 Å². The second-order valence-electron chi connectivity index (χ2n) is 7.27. The summed E-state index contributed by atoms with van der Waals surface area (Å²) >= 11 is 0. The maximum absolute atomic E-state index is 12.6. The summed E-state index contributed by atoms with van der Waals surface area (Å²) in [6, 6.07) is 0.307. The minimum Gasteiger partial charge on any atom is -0.378 e. The molecule has 2 fully saturated rings. The lowest BCUT2D eigenvalue weighted by molar-refractivity contribution is -0.171. The molecule has 2 rings (SSSR count). The maximum Gasteiger partial charge on any atom is 0.241 e.